The van der Waals surface area contributed by atoms with Gasteiger partial charge in [0, 0.05) is 65.4 Å². The first-order valence-electron chi connectivity index (χ1n) is 11.9. The Balaban J connectivity index is 0.000000646. The maximum atomic E-state index is 11.1. The van der Waals surface area contributed by atoms with Crippen LogP contribution in [-0.2, 0) is 45.6 Å². The van der Waals surface area contributed by atoms with Crippen molar-refractivity contribution in [2.75, 3.05) is 67.6 Å². The molecule has 0 spiro atoms. The maximum Gasteiger partial charge on any atom is 0.501 e. The van der Waals surface area contributed by atoms with E-state index in [1.165, 1.54) is 0 Å². The second kappa shape index (κ2) is 19.5. The number of carbonyl (C=O) groups excluding carboxylic acids is 1. The van der Waals surface area contributed by atoms with Crippen LogP contribution in [0.1, 0.15) is 40.5 Å². The monoisotopic (exact) mass is 526 g/mol. The van der Waals surface area contributed by atoms with Crippen molar-refractivity contribution in [3.8, 4) is 0 Å². The minimum absolute atomic E-state index is 0.316. The fraction of sp³-hybridized carbons (Fsp3) is 0.864. The molecule has 1 atom stereocenters. The van der Waals surface area contributed by atoms with E-state index in [-0.39, 0.29) is 5.97 Å². The predicted octanol–water partition coefficient (Wildman–Crippen LogP) is 3.21. The molecule has 1 unspecified atom stereocenters. The van der Waals surface area contributed by atoms with Crippen LogP contribution >= 0.6 is 0 Å². The van der Waals surface area contributed by atoms with Crippen molar-refractivity contribution in [1.29, 1.82) is 0 Å². The number of epoxide rings is 1. The number of ether oxygens (including phenoxy) is 3. The molecular weight excluding hydrogens is 480 g/mol. The number of hydrogen-bond donors (Lipinski definition) is 0. The van der Waals surface area contributed by atoms with Crippen molar-refractivity contribution in [2.45, 2.75) is 58.7 Å². The highest BCUT2D eigenvalue weighted by molar-refractivity contribution is 6.61. The van der Waals surface area contributed by atoms with Crippen LogP contribution < -0.4 is 0 Å². The van der Waals surface area contributed by atoms with Gasteiger partial charge in [0.1, 0.15) is 6.10 Å². The number of carbonyl (C=O) groups is 1. The molecule has 1 fully saturated rings. The summed E-state index contributed by atoms with van der Waals surface area (Å²) in [5, 5.41) is 0. The lowest BCUT2D eigenvalue weighted by Gasteiger charge is -2.28. The van der Waals surface area contributed by atoms with Crippen LogP contribution in [0, 0.1) is 0 Å². The van der Waals surface area contributed by atoms with Gasteiger partial charge in [-0.15, -0.1) is 0 Å². The largest absolute Gasteiger partial charge is 0.501 e. The Bertz CT molecular complexity index is 516. The zero-order chi connectivity index (χ0) is 25.9. The summed E-state index contributed by atoms with van der Waals surface area (Å²) in [5.74, 6) is -0.375. The summed E-state index contributed by atoms with van der Waals surface area (Å²) in [6.07, 6.45) is 1.87. The van der Waals surface area contributed by atoms with Gasteiger partial charge in [-0.1, -0.05) is 6.58 Å². The second-order valence-corrected chi connectivity index (χ2v) is 13.3. The average molecular weight is 527 g/mol. The van der Waals surface area contributed by atoms with Crippen molar-refractivity contribution in [1.82, 2.24) is 0 Å². The molecule has 0 aromatic rings. The third-order valence-corrected chi connectivity index (χ3v) is 10.7. The molecule has 0 aromatic carbocycles. The highest BCUT2D eigenvalue weighted by atomic mass is 28.4. The van der Waals surface area contributed by atoms with E-state index in [0.29, 0.717) is 63.8 Å². The van der Waals surface area contributed by atoms with Crippen LogP contribution in [0.15, 0.2) is 12.2 Å². The summed E-state index contributed by atoms with van der Waals surface area (Å²) in [5.41, 5.74) is 0.397. The van der Waals surface area contributed by atoms with E-state index in [1.54, 1.807) is 28.3 Å². The van der Waals surface area contributed by atoms with Gasteiger partial charge in [0.25, 0.3) is 0 Å². The predicted molar refractivity (Wildman–Crippen MR) is 133 cm³/mol. The molecule has 1 heterocycles. The van der Waals surface area contributed by atoms with Gasteiger partial charge in [-0.25, -0.2) is 4.79 Å². The van der Waals surface area contributed by atoms with Crippen LogP contribution in [-0.4, -0.2) is 97.3 Å². The number of hydrogen-bond acceptors (Lipinski definition) is 10. The standard InChI is InChI=1S/C12H26O5Si.C10H20O5Si/c1-4-15-18(16-5-2,17-6-3)9-7-8-13-10-12-11-14-12;1-9(2)10(11)15-7-6-8-16(12-3,13-4)14-5/h12H,4-11H2,1-3H3;1,6-8H2,2-5H3. The summed E-state index contributed by atoms with van der Waals surface area (Å²) in [7, 11) is -0.335. The topological polar surface area (TPSA) is 103 Å². The average Bonchev–Trinajstić information content (AvgIpc) is 3.65. The van der Waals surface area contributed by atoms with Crippen molar-refractivity contribution in [3.63, 3.8) is 0 Å². The zero-order valence-corrected chi connectivity index (χ0v) is 24.1. The molecule has 0 N–H and O–H groups in total. The van der Waals surface area contributed by atoms with E-state index < -0.39 is 17.6 Å². The summed E-state index contributed by atoms with van der Waals surface area (Å²) in [6.45, 7) is 15.5. The Morgan fingerprint density at radius 3 is 1.76 bits per heavy atom. The molecule has 0 aromatic heterocycles. The SMILES string of the molecule is C=C(C)C(=O)OCCC[Si](OC)(OC)OC.CCO[Si](CCCOCC1CO1)(OCC)OCC. The number of esters is 1. The molecule has 1 rings (SSSR count). The summed E-state index contributed by atoms with van der Waals surface area (Å²) in [6, 6.07) is 1.42. The maximum absolute atomic E-state index is 11.1. The normalized spacial score (nSPS) is 15.4. The first-order chi connectivity index (χ1) is 16.3. The van der Waals surface area contributed by atoms with E-state index in [0.717, 1.165) is 19.1 Å². The zero-order valence-electron chi connectivity index (χ0n) is 22.1. The highest BCUT2D eigenvalue weighted by Gasteiger charge is 2.39. The van der Waals surface area contributed by atoms with Crippen molar-refractivity contribution in [3.05, 3.63) is 12.2 Å². The van der Waals surface area contributed by atoms with Gasteiger partial charge in [0.05, 0.1) is 19.8 Å². The molecule has 10 nitrogen and oxygen atoms in total. The van der Waals surface area contributed by atoms with Crippen LogP contribution in [0.5, 0.6) is 0 Å². The molecule has 0 saturated carbocycles. The molecule has 1 aliphatic heterocycles. The lowest BCUT2D eigenvalue weighted by Crippen LogP contribution is -2.46. The highest BCUT2D eigenvalue weighted by Crippen LogP contribution is 2.19. The third kappa shape index (κ3) is 14.7. The van der Waals surface area contributed by atoms with Gasteiger partial charge >= 0.3 is 23.6 Å². The van der Waals surface area contributed by atoms with E-state index >= 15 is 0 Å². The van der Waals surface area contributed by atoms with E-state index in [2.05, 4.69) is 6.58 Å². The fourth-order valence-corrected chi connectivity index (χ4v) is 7.17. The third-order valence-electron chi connectivity index (χ3n) is 4.71. The van der Waals surface area contributed by atoms with Crippen molar-refractivity contribution in [2.24, 2.45) is 0 Å². The lowest BCUT2D eigenvalue weighted by molar-refractivity contribution is -0.139. The van der Waals surface area contributed by atoms with Crippen LogP contribution in [0.4, 0.5) is 0 Å². The Labute approximate surface area is 207 Å². The molecule has 0 radical (unpaired) electrons. The quantitative estimate of drug-likeness (QED) is 0.0772. The lowest BCUT2D eigenvalue weighted by atomic mass is 10.4. The van der Waals surface area contributed by atoms with Crippen molar-refractivity contribution < 1.29 is 45.6 Å². The molecule has 0 amide bonds. The van der Waals surface area contributed by atoms with Gasteiger partial charge < -0.3 is 40.8 Å². The van der Waals surface area contributed by atoms with Crippen LogP contribution in [0.3, 0.4) is 0 Å². The minimum Gasteiger partial charge on any atom is -0.462 e. The molecular formula is C22H46O10Si2. The van der Waals surface area contributed by atoms with Gasteiger partial charge in [-0.2, -0.15) is 0 Å². The van der Waals surface area contributed by atoms with Crippen LogP contribution in [0.2, 0.25) is 12.1 Å². The first-order valence-corrected chi connectivity index (χ1v) is 15.7. The van der Waals surface area contributed by atoms with Gasteiger partial charge in [-0.3, -0.25) is 0 Å². The Morgan fingerprint density at radius 1 is 0.882 bits per heavy atom. The first kappa shape index (κ1) is 33.3. The van der Waals surface area contributed by atoms with Crippen LogP contribution in [0.25, 0.3) is 0 Å². The molecule has 202 valence electrons. The minimum atomic E-state index is -2.53. The molecule has 1 aliphatic rings. The fourth-order valence-electron chi connectivity index (χ4n) is 2.90. The number of rotatable bonds is 20. The van der Waals surface area contributed by atoms with Gasteiger partial charge in [0.15, 0.2) is 0 Å². The molecule has 12 heteroatoms. The molecule has 0 bridgehead atoms. The molecule has 0 aliphatic carbocycles. The van der Waals surface area contributed by atoms with Gasteiger partial charge in [0.2, 0.25) is 0 Å². The van der Waals surface area contributed by atoms with Gasteiger partial charge in [-0.05, 0) is 40.5 Å². The summed E-state index contributed by atoms with van der Waals surface area (Å²) >= 11 is 0. The molecule has 34 heavy (non-hydrogen) atoms. The van der Waals surface area contributed by atoms with E-state index in [1.807, 2.05) is 20.8 Å². The Morgan fingerprint density at radius 2 is 1.35 bits per heavy atom. The second-order valence-electron chi connectivity index (χ2n) is 7.43. The summed E-state index contributed by atoms with van der Waals surface area (Å²) < 4.78 is 48.5. The van der Waals surface area contributed by atoms with E-state index in [4.69, 9.17) is 40.8 Å². The Kier molecular flexibility index (Phi) is 19.1. The van der Waals surface area contributed by atoms with E-state index in [9.17, 15) is 4.79 Å². The molecule has 1 saturated heterocycles. The van der Waals surface area contributed by atoms with Crippen molar-refractivity contribution >= 4 is 23.6 Å². The Hall–Kier alpha value is -0.676. The summed E-state index contributed by atoms with van der Waals surface area (Å²) in [4.78, 5) is 11.1. The smallest absolute Gasteiger partial charge is 0.462 e.